The van der Waals surface area contributed by atoms with Gasteiger partial charge in [-0.15, -0.1) is 0 Å². The van der Waals surface area contributed by atoms with Crippen LogP contribution in [0.1, 0.15) is 5.82 Å². The van der Waals surface area contributed by atoms with Crippen molar-refractivity contribution in [1.82, 2.24) is 19.4 Å². The third-order valence-electron chi connectivity index (χ3n) is 5.68. The first-order valence-corrected chi connectivity index (χ1v) is 10.4. The maximum Gasteiger partial charge on any atom is 0.258 e. The lowest BCUT2D eigenvalue weighted by Crippen LogP contribution is -2.32. The van der Waals surface area contributed by atoms with Crippen LogP contribution >= 0.6 is 0 Å². The maximum absolute atomic E-state index is 12.3. The van der Waals surface area contributed by atoms with Gasteiger partial charge in [-0.2, -0.15) is 0 Å². The van der Waals surface area contributed by atoms with Crippen molar-refractivity contribution in [1.29, 1.82) is 0 Å². The fraction of sp³-hybridized carbons (Fsp3) is 0.200. The first kappa shape index (κ1) is 19.5. The first-order chi connectivity index (χ1) is 15.1. The average Bonchev–Trinajstić information content (AvgIpc) is 3.07. The van der Waals surface area contributed by atoms with Gasteiger partial charge in [0.05, 0.1) is 30.1 Å². The molecule has 1 unspecified atom stereocenters. The van der Waals surface area contributed by atoms with Crippen LogP contribution in [0, 0.1) is 0 Å². The number of rotatable bonds is 6. The molecule has 3 aromatic carbocycles. The van der Waals surface area contributed by atoms with Gasteiger partial charge in [0.15, 0.2) is 0 Å². The number of aromatic nitrogens is 3. The second-order valence-electron chi connectivity index (χ2n) is 8.03. The number of nitrogens with zero attached hydrogens (tertiary/aromatic N) is 3. The molecule has 6 heteroatoms. The van der Waals surface area contributed by atoms with E-state index in [1.165, 1.54) is 10.8 Å². The number of hydrogen-bond acceptors (Lipinski definition) is 4. The van der Waals surface area contributed by atoms with Crippen LogP contribution in [0.4, 0.5) is 0 Å². The van der Waals surface area contributed by atoms with Crippen LogP contribution in [-0.2, 0) is 13.1 Å². The quantitative estimate of drug-likeness (QED) is 0.448. The summed E-state index contributed by atoms with van der Waals surface area (Å²) < 4.78 is 2.18. The Morgan fingerprint density at radius 2 is 1.52 bits per heavy atom. The van der Waals surface area contributed by atoms with E-state index in [0.29, 0.717) is 36.4 Å². The van der Waals surface area contributed by atoms with Crippen LogP contribution < -0.4 is 5.56 Å². The third-order valence-corrected chi connectivity index (χ3v) is 5.68. The van der Waals surface area contributed by atoms with Gasteiger partial charge in [-0.25, -0.2) is 4.98 Å². The molecule has 0 saturated carbocycles. The molecule has 2 N–H and O–H groups in total. The molecule has 2 heterocycles. The van der Waals surface area contributed by atoms with Crippen LogP contribution in [0.5, 0.6) is 0 Å². The van der Waals surface area contributed by atoms with Gasteiger partial charge in [0, 0.05) is 28.4 Å². The van der Waals surface area contributed by atoms with E-state index in [0.717, 1.165) is 11.0 Å². The molecule has 156 valence electrons. The molecule has 0 aliphatic heterocycles. The fourth-order valence-corrected chi connectivity index (χ4v) is 4.36. The SMILES string of the molecule is CN(Cc1nc2ccccc2c(=O)[nH]1)CC(O)Cn1c2ccccc2c2ccccc21. The summed E-state index contributed by atoms with van der Waals surface area (Å²) >= 11 is 0. The Balaban J connectivity index is 1.35. The van der Waals surface area contributed by atoms with Crippen molar-refractivity contribution in [3.63, 3.8) is 0 Å². The third kappa shape index (κ3) is 3.71. The van der Waals surface area contributed by atoms with Crippen LogP contribution in [0.15, 0.2) is 77.6 Å². The minimum absolute atomic E-state index is 0.139. The number of para-hydroxylation sites is 3. The summed E-state index contributed by atoms with van der Waals surface area (Å²) in [7, 11) is 1.92. The lowest BCUT2D eigenvalue weighted by molar-refractivity contribution is 0.108. The first-order valence-electron chi connectivity index (χ1n) is 10.4. The number of fused-ring (bicyclic) bond motifs is 4. The summed E-state index contributed by atoms with van der Waals surface area (Å²) in [4.78, 5) is 21.7. The van der Waals surface area contributed by atoms with E-state index >= 15 is 0 Å². The Kier molecular flexibility index (Phi) is 5.02. The van der Waals surface area contributed by atoms with E-state index < -0.39 is 6.10 Å². The van der Waals surface area contributed by atoms with Crippen molar-refractivity contribution in [2.24, 2.45) is 0 Å². The summed E-state index contributed by atoms with van der Waals surface area (Å²) in [5, 5.41) is 13.8. The smallest absolute Gasteiger partial charge is 0.258 e. The molecule has 5 rings (SSSR count). The fourth-order valence-electron chi connectivity index (χ4n) is 4.36. The Hall–Kier alpha value is -3.48. The Bertz CT molecular complexity index is 1380. The highest BCUT2D eigenvalue weighted by Gasteiger charge is 2.15. The average molecular weight is 412 g/mol. The van der Waals surface area contributed by atoms with Gasteiger partial charge in [0.1, 0.15) is 5.82 Å². The number of benzene rings is 3. The van der Waals surface area contributed by atoms with Crippen LogP contribution in [-0.4, -0.2) is 44.2 Å². The van der Waals surface area contributed by atoms with Crippen molar-refractivity contribution in [3.05, 3.63) is 89.0 Å². The number of H-pyrrole nitrogens is 1. The molecule has 0 aliphatic rings. The van der Waals surface area contributed by atoms with Crippen molar-refractivity contribution in [3.8, 4) is 0 Å². The van der Waals surface area contributed by atoms with Crippen molar-refractivity contribution in [2.75, 3.05) is 13.6 Å². The van der Waals surface area contributed by atoms with Gasteiger partial charge in [0.2, 0.25) is 0 Å². The van der Waals surface area contributed by atoms with Crippen molar-refractivity contribution < 1.29 is 5.11 Å². The zero-order valence-electron chi connectivity index (χ0n) is 17.3. The second kappa shape index (κ2) is 7.98. The zero-order valence-corrected chi connectivity index (χ0v) is 17.3. The van der Waals surface area contributed by atoms with Crippen molar-refractivity contribution >= 4 is 32.7 Å². The Labute approximate surface area is 179 Å². The molecular weight excluding hydrogens is 388 g/mol. The molecule has 0 amide bonds. The molecule has 1 atom stereocenters. The maximum atomic E-state index is 12.3. The lowest BCUT2D eigenvalue weighted by atomic mass is 10.2. The number of hydrogen-bond donors (Lipinski definition) is 2. The van der Waals surface area contributed by atoms with E-state index in [9.17, 15) is 9.90 Å². The number of aromatic amines is 1. The number of nitrogens with one attached hydrogen (secondary N) is 1. The summed E-state index contributed by atoms with van der Waals surface area (Å²) in [6.07, 6.45) is -0.573. The zero-order chi connectivity index (χ0) is 21.4. The normalized spacial score (nSPS) is 12.9. The lowest BCUT2D eigenvalue weighted by Gasteiger charge is -2.21. The van der Waals surface area contributed by atoms with Gasteiger partial charge in [-0.3, -0.25) is 9.69 Å². The van der Waals surface area contributed by atoms with E-state index in [2.05, 4.69) is 38.8 Å². The molecular formula is C25H24N4O2. The minimum Gasteiger partial charge on any atom is -0.390 e. The highest BCUT2D eigenvalue weighted by molar-refractivity contribution is 6.07. The van der Waals surface area contributed by atoms with Gasteiger partial charge >= 0.3 is 0 Å². The standard InChI is InChI=1S/C25H24N4O2/c1-28(16-24-26-21-11-5-2-10-20(21)25(31)27-24)14-17(30)15-29-22-12-6-3-8-18(22)19-9-4-7-13-23(19)29/h2-13,17,30H,14-16H2,1H3,(H,26,27,31). The summed E-state index contributed by atoms with van der Waals surface area (Å²) in [5.41, 5.74) is 2.78. The molecule has 0 fully saturated rings. The second-order valence-corrected chi connectivity index (χ2v) is 8.03. The number of aliphatic hydroxyl groups excluding tert-OH is 1. The van der Waals surface area contributed by atoms with E-state index in [-0.39, 0.29) is 5.56 Å². The van der Waals surface area contributed by atoms with E-state index in [4.69, 9.17) is 0 Å². The Morgan fingerprint density at radius 3 is 2.19 bits per heavy atom. The predicted molar refractivity (Wildman–Crippen MR) is 124 cm³/mol. The molecule has 0 aliphatic carbocycles. The monoisotopic (exact) mass is 412 g/mol. The molecule has 0 spiro atoms. The number of likely N-dealkylation sites (N-methyl/N-ethyl adjacent to an activating group) is 1. The molecule has 0 saturated heterocycles. The van der Waals surface area contributed by atoms with Gasteiger partial charge in [-0.05, 0) is 31.3 Å². The van der Waals surface area contributed by atoms with Crippen LogP contribution in [0.2, 0.25) is 0 Å². The van der Waals surface area contributed by atoms with Crippen LogP contribution in [0.25, 0.3) is 32.7 Å². The molecule has 0 bridgehead atoms. The molecule has 6 nitrogen and oxygen atoms in total. The van der Waals surface area contributed by atoms with E-state index in [1.807, 2.05) is 54.4 Å². The topological polar surface area (TPSA) is 74.2 Å². The van der Waals surface area contributed by atoms with Gasteiger partial charge < -0.3 is 14.7 Å². The van der Waals surface area contributed by atoms with Gasteiger partial charge in [-0.1, -0.05) is 48.5 Å². The van der Waals surface area contributed by atoms with E-state index in [1.54, 1.807) is 6.07 Å². The summed E-state index contributed by atoms with van der Waals surface area (Å²) in [5.74, 6) is 0.593. The minimum atomic E-state index is -0.573. The molecule has 5 aromatic rings. The van der Waals surface area contributed by atoms with Gasteiger partial charge in [0.25, 0.3) is 5.56 Å². The predicted octanol–water partition coefficient (Wildman–Crippen LogP) is 3.52. The summed E-state index contributed by atoms with van der Waals surface area (Å²) in [6.45, 7) is 1.39. The molecule has 0 radical (unpaired) electrons. The van der Waals surface area contributed by atoms with Crippen molar-refractivity contribution in [2.45, 2.75) is 19.2 Å². The Morgan fingerprint density at radius 1 is 0.935 bits per heavy atom. The highest BCUT2D eigenvalue weighted by Crippen LogP contribution is 2.28. The highest BCUT2D eigenvalue weighted by atomic mass is 16.3. The number of aliphatic hydroxyl groups is 1. The van der Waals surface area contributed by atoms with Crippen LogP contribution in [0.3, 0.4) is 0 Å². The largest absolute Gasteiger partial charge is 0.390 e. The molecule has 31 heavy (non-hydrogen) atoms. The summed E-state index contributed by atoms with van der Waals surface area (Å²) in [6, 6.07) is 23.9. The molecule has 2 aromatic heterocycles.